The highest BCUT2D eigenvalue weighted by atomic mass is 28.4. The molecule has 3 atom stereocenters. The van der Waals surface area contributed by atoms with Crippen LogP contribution in [0.4, 0.5) is 0 Å². The number of nitrogens with zero attached hydrogens (tertiary/aromatic N) is 2. The number of hydrogen-bond donors (Lipinski definition) is 0. The number of azo groups is 1. The number of hydrogen-bond acceptors (Lipinski definition) is 3. The van der Waals surface area contributed by atoms with E-state index < -0.39 is 8.32 Å². The lowest BCUT2D eigenvalue weighted by molar-refractivity contribution is 0.0685. The van der Waals surface area contributed by atoms with Crippen LogP contribution >= 0.6 is 0 Å². The fraction of sp³-hybridized carbons (Fsp3) is 1.00. The first-order chi connectivity index (χ1) is 6.41. The van der Waals surface area contributed by atoms with Crippen molar-refractivity contribution in [1.82, 2.24) is 0 Å². The summed E-state index contributed by atoms with van der Waals surface area (Å²) < 4.78 is 6.29. The molecule has 0 spiro atoms. The summed E-state index contributed by atoms with van der Waals surface area (Å²) in [6.07, 6.45) is 2.39. The number of fused-ring (bicyclic) bond motifs is 1. The minimum atomic E-state index is -1.46. The van der Waals surface area contributed by atoms with E-state index in [9.17, 15) is 0 Å². The Morgan fingerprint density at radius 1 is 1.36 bits per heavy atom. The second kappa shape index (κ2) is 3.13. The van der Waals surface area contributed by atoms with Crippen LogP contribution in [0.1, 0.15) is 19.8 Å². The molecule has 3 nitrogen and oxygen atoms in total. The molecule has 1 unspecified atom stereocenters. The molecule has 0 bridgehead atoms. The van der Waals surface area contributed by atoms with E-state index in [4.69, 9.17) is 4.43 Å². The van der Waals surface area contributed by atoms with E-state index in [-0.39, 0.29) is 5.60 Å². The summed E-state index contributed by atoms with van der Waals surface area (Å²) >= 11 is 0. The van der Waals surface area contributed by atoms with Gasteiger partial charge >= 0.3 is 0 Å². The highest BCUT2D eigenvalue weighted by Crippen LogP contribution is 2.44. The van der Waals surface area contributed by atoms with E-state index in [1.807, 2.05) is 0 Å². The van der Waals surface area contributed by atoms with Crippen LogP contribution in [-0.4, -0.2) is 26.5 Å². The maximum atomic E-state index is 6.29. The maximum Gasteiger partial charge on any atom is 0.184 e. The Kier molecular flexibility index (Phi) is 2.31. The van der Waals surface area contributed by atoms with Gasteiger partial charge in [0.1, 0.15) is 6.04 Å². The molecule has 1 fully saturated rings. The summed E-state index contributed by atoms with van der Waals surface area (Å²) in [4.78, 5) is 0. The van der Waals surface area contributed by atoms with Crippen molar-refractivity contribution in [3.05, 3.63) is 0 Å². The molecule has 0 saturated heterocycles. The third-order valence-electron chi connectivity index (χ3n) is 3.15. The van der Waals surface area contributed by atoms with Crippen LogP contribution < -0.4 is 0 Å². The zero-order valence-electron chi connectivity index (χ0n) is 9.58. The minimum Gasteiger partial charge on any atom is -0.410 e. The zero-order valence-corrected chi connectivity index (χ0v) is 10.6. The van der Waals surface area contributed by atoms with Crippen molar-refractivity contribution in [3.8, 4) is 0 Å². The predicted octanol–water partition coefficient (Wildman–Crippen LogP) is 2.84. The van der Waals surface area contributed by atoms with Crippen molar-refractivity contribution in [2.24, 2.45) is 16.1 Å². The molecule has 0 aromatic rings. The summed E-state index contributed by atoms with van der Waals surface area (Å²) in [6.45, 7) is 9.89. The van der Waals surface area contributed by atoms with Crippen LogP contribution in [0.5, 0.6) is 0 Å². The van der Waals surface area contributed by atoms with Crippen LogP contribution in [0, 0.1) is 5.92 Å². The van der Waals surface area contributed by atoms with Crippen molar-refractivity contribution in [1.29, 1.82) is 0 Å². The van der Waals surface area contributed by atoms with Gasteiger partial charge in [-0.25, -0.2) is 0 Å². The quantitative estimate of drug-likeness (QED) is 0.648. The van der Waals surface area contributed by atoms with Crippen LogP contribution in [0.2, 0.25) is 19.6 Å². The largest absolute Gasteiger partial charge is 0.410 e. The lowest BCUT2D eigenvalue weighted by atomic mass is 9.97. The third kappa shape index (κ3) is 1.77. The zero-order chi connectivity index (χ0) is 10.4. The van der Waals surface area contributed by atoms with E-state index in [0.717, 1.165) is 13.0 Å². The van der Waals surface area contributed by atoms with Crippen LogP contribution in [-0.2, 0) is 4.43 Å². The van der Waals surface area contributed by atoms with Crippen molar-refractivity contribution < 1.29 is 4.43 Å². The lowest BCUT2D eigenvalue weighted by Crippen LogP contribution is -2.45. The summed E-state index contributed by atoms with van der Waals surface area (Å²) in [5, 5.41) is 8.51. The fourth-order valence-corrected chi connectivity index (χ4v) is 4.36. The molecule has 2 aliphatic rings. The molecule has 4 heteroatoms. The first-order valence-electron chi connectivity index (χ1n) is 5.47. The van der Waals surface area contributed by atoms with Gasteiger partial charge < -0.3 is 4.43 Å². The van der Waals surface area contributed by atoms with Crippen LogP contribution in [0.15, 0.2) is 10.2 Å². The van der Waals surface area contributed by atoms with Gasteiger partial charge in [0.05, 0.1) is 12.1 Å². The van der Waals surface area contributed by atoms with Crippen molar-refractivity contribution in [2.75, 3.05) is 6.54 Å². The molecule has 1 heterocycles. The SMILES string of the molecule is CC1(O[Si](C)(C)C)CC[C@@H]2CN=N[C@@H]21. The van der Waals surface area contributed by atoms with Gasteiger partial charge in [0.25, 0.3) is 0 Å². The van der Waals surface area contributed by atoms with Crippen LogP contribution in [0.3, 0.4) is 0 Å². The topological polar surface area (TPSA) is 34.0 Å². The molecular weight excluding hydrogens is 192 g/mol. The monoisotopic (exact) mass is 212 g/mol. The molecular formula is C10H20N2OSi. The Labute approximate surface area is 87.1 Å². The summed E-state index contributed by atoms with van der Waals surface area (Å²) in [5.74, 6) is 0.663. The molecule has 0 aromatic heterocycles. The molecule has 2 rings (SSSR count). The van der Waals surface area contributed by atoms with E-state index in [0.29, 0.717) is 12.0 Å². The first-order valence-corrected chi connectivity index (χ1v) is 8.88. The Balaban J connectivity index is 2.12. The molecule has 0 aromatic carbocycles. The normalized spacial score (nSPS) is 41.7. The van der Waals surface area contributed by atoms with E-state index in [1.54, 1.807) is 0 Å². The molecule has 1 aliphatic heterocycles. The van der Waals surface area contributed by atoms with Crippen molar-refractivity contribution >= 4 is 8.32 Å². The van der Waals surface area contributed by atoms with Gasteiger partial charge in [-0.05, 0) is 39.4 Å². The smallest absolute Gasteiger partial charge is 0.184 e. The Hall–Kier alpha value is -0.223. The Morgan fingerprint density at radius 3 is 2.71 bits per heavy atom. The number of rotatable bonds is 2. The van der Waals surface area contributed by atoms with Gasteiger partial charge in [-0.2, -0.15) is 10.2 Å². The predicted molar refractivity (Wildman–Crippen MR) is 59.1 cm³/mol. The van der Waals surface area contributed by atoms with Gasteiger partial charge in [0.2, 0.25) is 0 Å². The van der Waals surface area contributed by atoms with E-state index in [1.165, 1.54) is 6.42 Å². The van der Waals surface area contributed by atoms with Crippen molar-refractivity contribution in [2.45, 2.75) is 51.0 Å². The summed E-state index contributed by atoms with van der Waals surface area (Å²) in [6, 6.07) is 0.342. The van der Waals surface area contributed by atoms with Crippen molar-refractivity contribution in [3.63, 3.8) is 0 Å². The fourth-order valence-electron chi connectivity index (χ4n) is 2.73. The third-order valence-corrected chi connectivity index (χ3v) is 4.22. The second-order valence-electron chi connectivity index (χ2n) is 5.71. The molecule has 1 aliphatic carbocycles. The summed E-state index contributed by atoms with van der Waals surface area (Å²) in [7, 11) is -1.46. The van der Waals surface area contributed by atoms with Gasteiger partial charge in [-0.1, -0.05) is 0 Å². The van der Waals surface area contributed by atoms with Crippen LogP contribution in [0.25, 0.3) is 0 Å². The molecule has 14 heavy (non-hydrogen) atoms. The Morgan fingerprint density at radius 2 is 2.07 bits per heavy atom. The molecule has 80 valence electrons. The average Bonchev–Trinajstić information content (AvgIpc) is 2.52. The Bertz CT molecular complexity index is 261. The minimum absolute atomic E-state index is 0.0187. The second-order valence-corrected chi connectivity index (χ2v) is 10.1. The molecule has 0 amide bonds. The first kappa shape index (κ1) is 10.3. The lowest BCUT2D eigenvalue weighted by Gasteiger charge is -2.35. The van der Waals surface area contributed by atoms with E-state index >= 15 is 0 Å². The maximum absolute atomic E-state index is 6.29. The van der Waals surface area contributed by atoms with Gasteiger partial charge in [-0.15, -0.1) is 0 Å². The molecule has 0 radical (unpaired) electrons. The van der Waals surface area contributed by atoms with Gasteiger partial charge in [0.15, 0.2) is 8.32 Å². The highest BCUT2D eigenvalue weighted by Gasteiger charge is 2.50. The highest BCUT2D eigenvalue weighted by molar-refractivity contribution is 6.69. The standard InChI is InChI=1S/C10H20N2OSi/c1-10(13-14(2,3)4)6-5-8-7-11-12-9(8)10/h8-9H,5-7H2,1-4H3/t8-,9+,10?/m1/s1. The van der Waals surface area contributed by atoms with Gasteiger partial charge in [0, 0.05) is 5.92 Å². The molecule has 1 saturated carbocycles. The molecule has 0 N–H and O–H groups in total. The van der Waals surface area contributed by atoms with Gasteiger partial charge in [-0.3, -0.25) is 0 Å². The average molecular weight is 212 g/mol. The van der Waals surface area contributed by atoms with E-state index in [2.05, 4.69) is 36.8 Å². The summed E-state index contributed by atoms with van der Waals surface area (Å²) in [5.41, 5.74) is -0.0187.